The standard InChI is InChI=1S/C13H17N3O2/c1-2-8-5-9-11(10(17)6-8)12(18)16-4-3-15-7-13(9,16)14/h5-6,15,17H,2-4,7,14H2,1H3/t13-/m0/s1. The smallest absolute Gasteiger partial charge is 0.259 e. The second-order valence-corrected chi connectivity index (χ2v) is 4.95. The lowest BCUT2D eigenvalue weighted by Crippen LogP contribution is -2.62. The first kappa shape index (κ1) is 11.5. The second kappa shape index (κ2) is 3.70. The van der Waals surface area contributed by atoms with Gasteiger partial charge in [-0.1, -0.05) is 13.0 Å². The second-order valence-electron chi connectivity index (χ2n) is 4.95. The average Bonchev–Trinajstić information content (AvgIpc) is 2.59. The molecule has 1 aromatic rings. The molecule has 0 spiro atoms. The molecule has 5 nitrogen and oxygen atoms in total. The maximum Gasteiger partial charge on any atom is 0.259 e. The topological polar surface area (TPSA) is 78.6 Å². The Labute approximate surface area is 106 Å². The maximum absolute atomic E-state index is 12.3. The molecule has 0 saturated carbocycles. The summed E-state index contributed by atoms with van der Waals surface area (Å²) in [5.74, 6) is -0.109. The summed E-state index contributed by atoms with van der Waals surface area (Å²) in [7, 11) is 0. The summed E-state index contributed by atoms with van der Waals surface area (Å²) in [4.78, 5) is 14.0. The Hall–Kier alpha value is -1.59. The van der Waals surface area contributed by atoms with Crippen LogP contribution >= 0.6 is 0 Å². The number of hydrogen-bond acceptors (Lipinski definition) is 4. The van der Waals surface area contributed by atoms with Crippen LogP contribution in [-0.4, -0.2) is 35.5 Å². The summed E-state index contributed by atoms with van der Waals surface area (Å²) in [5, 5.41) is 13.3. The number of amides is 1. The number of carbonyl (C=O) groups excluding carboxylic acids is 1. The number of benzene rings is 1. The Bertz CT molecular complexity index is 529. The van der Waals surface area contributed by atoms with Crippen molar-refractivity contribution in [1.82, 2.24) is 10.2 Å². The molecule has 1 fully saturated rings. The third-order valence-corrected chi connectivity index (χ3v) is 3.90. The Kier molecular flexibility index (Phi) is 2.36. The number of aromatic hydroxyl groups is 1. The Balaban J connectivity index is 2.22. The van der Waals surface area contributed by atoms with Crippen molar-refractivity contribution in [1.29, 1.82) is 0 Å². The van der Waals surface area contributed by atoms with Gasteiger partial charge in [-0.3, -0.25) is 4.79 Å². The van der Waals surface area contributed by atoms with E-state index in [9.17, 15) is 9.90 Å². The van der Waals surface area contributed by atoms with Gasteiger partial charge < -0.3 is 21.1 Å². The molecule has 0 aliphatic carbocycles. The molecule has 3 rings (SSSR count). The highest BCUT2D eigenvalue weighted by Crippen LogP contribution is 2.40. The summed E-state index contributed by atoms with van der Waals surface area (Å²) in [5.41, 5.74) is 7.70. The van der Waals surface area contributed by atoms with E-state index in [4.69, 9.17) is 5.73 Å². The van der Waals surface area contributed by atoms with Gasteiger partial charge in [-0.15, -0.1) is 0 Å². The highest BCUT2D eigenvalue weighted by Gasteiger charge is 2.49. The Morgan fingerprint density at radius 2 is 2.33 bits per heavy atom. The number of nitrogens with one attached hydrogen (secondary N) is 1. The van der Waals surface area contributed by atoms with Crippen LogP contribution in [-0.2, 0) is 12.1 Å². The molecule has 2 aliphatic heterocycles. The number of hydrogen-bond donors (Lipinski definition) is 3. The molecule has 0 bridgehead atoms. The van der Waals surface area contributed by atoms with Gasteiger partial charge in [0.15, 0.2) is 0 Å². The average molecular weight is 247 g/mol. The fourth-order valence-corrected chi connectivity index (χ4v) is 2.88. The number of phenols is 1. The van der Waals surface area contributed by atoms with E-state index < -0.39 is 5.66 Å². The molecular weight excluding hydrogens is 230 g/mol. The highest BCUT2D eigenvalue weighted by molar-refractivity contribution is 6.02. The molecule has 96 valence electrons. The third kappa shape index (κ3) is 1.31. The van der Waals surface area contributed by atoms with E-state index in [1.165, 1.54) is 0 Å². The van der Waals surface area contributed by atoms with Gasteiger partial charge in [-0.2, -0.15) is 0 Å². The minimum Gasteiger partial charge on any atom is -0.507 e. The van der Waals surface area contributed by atoms with E-state index in [0.29, 0.717) is 18.7 Å². The van der Waals surface area contributed by atoms with Gasteiger partial charge in [0, 0.05) is 25.2 Å². The summed E-state index contributed by atoms with van der Waals surface area (Å²) in [6.45, 7) is 3.85. The zero-order valence-electron chi connectivity index (χ0n) is 10.4. The molecule has 4 N–H and O–H groups in total. The SMILES string of the molecule is CCc1cc(O)c2c(c1)[C@]1(N)CNCCN1C2=O. The molecule has 1 saturated heterocycles. The van der Waals surface area contributed by atoms with Crippen LogP contribution in [0.4, 0.5) is 0 Å². The lowest BCUT2D eigenvalue weighted by atomic mass is 9.94. The van der Waals surface area contributed by atoms with Gasteiger partial charge in [0.05, 0.1) is 5.56 Å². The van der Waals surface area contributed by atoms with Crippen molar-refractivity contribution >= 4 is 5.91 Å². The number of rotatable bonds is 1. The summed E-state index contributed by atoms with van der Waals surface area (Å²) >= 11 is 0. The van der Waals surface area contributed by atoms with Crippen molar-refractivity contribution in [3.8, 4) is 5.75 Å². The first-order chi connectivity index (χ1) is 8.58. The number of nitrogens with zero attached hydrogens (tertiary/aromatic N) is 1. The lowest BCUT2D eigenvalue weighted by Gasteiger charge is -2.40. The van der Waals surface area contributed by atoms with Gasteiger partial charge in [0.25, 0.3) is 5.91 Å². The number of piperazine rings is 1. The number of carbonyl (C=O) groups is 1. The third-order valence-electron chi connectivity index (χ3n) is 3.90. The molecule has 18 heavy (non-hydrogen) atoms. The van der Waals surface area contributed by atoms with E-state index in [0.717, 1.165) is 24.1 Å². The van der Waals surface area contributed by atoms with Gasteiger partial charge in [0.2, 0.25) is 0 Å². The molecular formula is C13H17N3O2. The molecule has 1 amide bonds. The van der Waals surface area contributed by atoms with E-state index in [1.54, 1.807) is 11.0 Å². The predicted octanol–water partition coefficient (Wildman–Crippen LogP) is 0.125. The van der Waals surface area contributed by atoms with Crippen LogP contribution in [0.2, 0.25) is 0 Å². The number of phenolic OH excluding ortho intramolecular Hbond substituents is 1. The maximum atomic E-state index is 12.3. The van der Waals surface area contributed by atoms with E-state index >= 15 is 0 Å². The van der Waals surface area contributed by atoms with Crippen LogP contribution in [0.15, 0.2) is 12.1 Å². The predicted molar refractivity (Wildman–Crippen MR) is 67.3 cm³/mol. The van der Waals surface area contributed by atoms with Gasteiger partial charge in [0.1, 0.15) is 11.4 Å². The minimum absolute atomic E-state index is 0.0496. The normalized spacial score (nSPS) is 26.1. The Morgan fingerprint density at radius 3 is 3.06 bits per heavy atom. The monoisotopic (exact) mass is 247 g/mol. The van der Waals surface area contributed by atoms with Crippen molar-refractivity contribution in [2.45, 2.75) is 19.0 Å². The number of nitrogens with two attached hydrogens (primary N) is 1. The molecule has 1 aromatic carbocycles. The van der Waals surface area contributed by atoms with Crippen molar-refractivity contribution in [2.24, 2.45) is 5.73 Å². The van der Waals surface area contributed by atoms with Crippen LogP contribution in [0.25, 0.3) is 0 Å². The molecule has 0 aromatic heterocycles. The summed E-state index contributed by atoms with van der Waals surface area (Å²) in [6, 6.07) is 3.60. The number of fused-ring (bicyclic) bond motifs is 3. The number of aryl methyl sites for hydroxylation is 1. The molecule has 5 heteroatoms. The fraction of sp³-hybridized carbons (Fsp3) is 0.462. The first-order valence-electron chi connectivity index (χ1n) is 6.26. The summed E-state index contributed by atoms with van der Waals surface area (Å²) in [6.07, 6.45) is 0.804. The fourth-order valence-electron chi connectivity index (χ4n) is 2.88. The van der Waals surface area contributed by atoms with Crippen molar-refractivity contribution in [3.05, 3.63) is 28.8 Å². The molecule has 2 aliphatic rings. The van der Waals surface area contributed by atoms with Crippen LogP contribution in [0.1, 0.15) is 28.4 Å². The van der Waals surface area contributed by atoms with E-state index in [2.05, 4.69) is 5.32 Å². The molecule has 2 heterocycles. The van der Waals surface area contributed by atoms with Crippen molar-refractivity contribution < 1.29 is 9.90 Å². The zero-order valence-corrected chi connectivity index (χ0v) is 10.4. The molecule has 0 radical (unpaired) electrons. The van der Waals surface area contributed by atoms with Gasteiger partial charge in [-0.05, 0) is 18.1 Å². The summed E-state index contributed by atoms with van der Waals surface area (Å²) < 4.78 is 0. The van der Waals surface area contributed by atoms with Crippen LogP contribution in [0.5, 0.6) is 5.75 Å². The van der Waals surface area contributed by atoms with E-state index in [-0.39, 0.29) is 11.7 Å². The zero-order chi connectivity index (χ0) is 12.9. The molecule has 1 atom stereocenters. The molecule has 0 unspecified atom stereocenters. The van der Waals surface area contributed by atoms with Crippen LogP contribution in [0.3, 0.4) is 0 Å². The van der Waals surface area contributed by atoms with Crippen molar-refractivity contribution in [3.63, 3.8) is 0 Å². The van der Waals surface area contributed by atoms with Crippen LogP contribution < -0.4 is 11.1 Å². The van der Waals surface area contributed by atoms with Gasteiger partial charge >= 0.3 is 0 Å². The highest BCUT2D eigenvalue weighted by atomic mass is 16.3. The Morgan fingerprint density at radius 1 is 1.56 bits per heavy atom. The van der Waals surface area contributed by atoms with E-state index in [1.807, 2.05) is 13.0 Å². The largest absolute Gasteiger partial charge is 0.507 e. The first-order valence-corrected chi connectivity index (χ1v) is 6.26. The van der Waals surface area contributed by atoms with Gasteiger partial charge in [-0.25, -0.2) is 0 Å². The lowest BCUT2D eigenvalue weighted by molar-refractivity contribution is 0.0475. The van der Waals surface area contributed by atoms with Crippen molar-refractivity contribution in [2.75, 3.05) is 19.6 Å². The minimum atomic E-state index is -0.812. The quantitative estimate of drug-likeness (QED) is 0.659. The van der Waals surface area contributed by atoms with Crippen LogP contribution in [0, 0.1) is 0 Å².